The Labute approximate surface area is 177 Å². The number of benzene rings is 2. The highest BCUT2D eigenvalue weighted by Crippen LogP contribution is 2.37. The van der Waals surface area contributed by atoms with Gasteiger partial charge in [0.05, 0.1) is 12.1 Å². The summed E-state index contributed by atoms with van der Waals surface area (Å²) in [6.45, 7) is 5.30. The molecule has 1 aliphatic rings. The SMILES string of the molecule is CC(C)(C)OC(=O)N[C@H]1C(C(O)CCc2ccccc2)C(=O)O[C@@H]1c1ccccc1. The van der Waals surface area contributed by atoms with Crippen LogP contribution in [0.1, 0.15) is 44.4 Å². The largest absolute Gasteiger partial charge is 0.455 e. The van der Waals surface area contributed by atoms with Gasteiger partial charge in [-0.15, -0.1) is 0 Å². The van der Waals surface area contributed by atoms with E-state index in [-0.39, 0.29) is 0 Å². The lowest BCUT2D eigenvalue weighted by Gasteiger charge is -2.27. The summed E-state index contributed by atoms with van der Waals surface area (Å²) < 4.78 is 11.0. The van der Waals surface area contributed by atoms with Crippen molar-refractivity contribution in [1.29, 1.82) is 0 Å². The third-order valence-electron chi connectivity index (χ3n) is 5.03. The zero-order valence-corrected chi connectivity index (χ0v) is 17.6. The number of hydrogen-bond acceptors (Lipinski definition) is 5. The van der Waals surface area contributed by atoms with Gasteiger partial charge in [-0.25, -0.2) is 4.79 Å². The fourth-order valence-corrected chi connectivity index (χ4v) is 3.67. The molecular formula is C24H29NO5. The first-order valence-corrected chi connectivity index (χ1v) is 10.2. The quantitative estimate of drug-likeness (QED) is 0.707. The van der Waals surface area contributed by atoms with Crippen LogP contribution in [0.25, 0.3) is 0 Å². The standard InChI is InChI=1S/C24H29NO5/c1-24(2,3)30-23(28)25-20-19(18(26)15-14-16-10-6-4-7-11-16)22(27)29-21(20)17-12-8-5-9-13-17/h4-13,18-21,26H,14-15H2,1-3H3,(H,25,28)/t18?,19?,20-,21+/m0/s1. The minimum atomic E-state index is -0.966. The summed E-state index contributed by atoms with van der Waals surface area (Å²) in [5.41, 5.74) is 1.14. The highest BCUT2D eigenvalue weighted by atomic mass is 16.6. The molecule has 0 saturated carbocycles. The number of cyclic esters (lactones) is 1. The number of amides is 1. The monoisotopic (exact) mass is 411 g/mol. The number of nitrogens with one attached hydrogen (secondary N) is 1. The second-order valence-corrected chi connectivity index (χ2v) is 8.56. The zero-order valence-electron chi connectivity index (χ0n) is 17.6. The molecule has 2 N–H and O–H groups in total. The van der Waals surface area contributed by atoms with E-state index in [1.807, 2.05) is 60.7 Å². The van der Waals surface area contributed by atoms with Crippen LogP contribution in [0.4, 0.5) is 4.79 Å². The molecule has 0 spiro atoms. The van der Waals surface area contributed by atoms with E-state index in [0.29, 0.717) is 12.8 Å². The maximum absolute atomic E-state index is 12.7. The summed E-state index contributed by atoms with van der Waals surface area (Å²) in [4.78, 5) is 25.2. The van der Waals surface area contributed by atoms with E-state index in [1.165, 1.54) is 0 Å². The predicted octanol–water partition coefficient (Wildman–Crippen LogP) is 3.79. The molecule has 3 rings (SSSR count). The van der Waals surface area contributed by atoms with E-state index in [4.69, 9.17) is 9.47 Å². The number of hydrogen-bond donors (Lipinski definition) is 2. The van der Waals surface area contributed by atoms with E-state index < -0.39 is 41.8 Å². The molecule has 6 heteroatoms. The van der Waals surface area contributed by atoms with Crippen LogP contribution in [-0.4, -0.2) is 34.9 Å². The third kappa shape index (κ3) is 5.60. The van der Waals surface area contributed by atoms with Crippen molar-refractivity contribution in [3.05, 3.63) is 71.8 Å². The number of carbonyl (C=O) groups is 2. The van der Waals surface area contributed by atoms with Crippen LogP contribution in [0, 0.1) is 5.92 Å². The molecule has 4 atom stereocenters. The predicted molar refractivity (Wildman–Crippen MR) is 113 cm³/mol. The Morgan fingerprint density at radius 2 is 1.70 bits per heavy atom. The number of aliphatic hydroxyl groups excluding tert-OH is 1. The number of carbonyl (C=O) groups excluding carboxylic acids is 2. The van der Waals surface area contributed by atoms with Gasteiger partial charge in [0.2, 0.25) is 0 Å². The molecule has 0 radical (unpaired) electrons. The molecule has 1 fully saturated rings. The lowest BCUT2D eigenvalue weighted by Crippen LogP contribution is -2.47. The summed E-state index contributed by atoms with van der Waals surface area (Å²) in [6.07, 6.45) is -1.32. The van der Waals surface area contributed by atoms with E-state index >= 15 is 0 Å². The molecular weight excluding hydrogens is 382 g/mol. The van der Waals surface area contributed by atoms with Gasteiger partial charge >= 0.3 is 12.1 Å². The summed E-state index contributed by atoms with van der Waals surface area (Å²) in [5.74, 6) is -1.41. The molecule has 2 aromatic rings. The molecule has 0 aliphatic carbocycles. The highest BCUT2D eigenvalue weighted by Gasteiger charge is 2.49. The van der Waals surface area contributed by atoms with Crippen molar-refractivity contribution < 1.29 is 24.2 Å². The molecule has 2 aromatic carbocycles. The first kappa shape index (κ1) is 21.8. The minimum absolute atomic E-state index is 0.373. The van der Waals surface area contributed by atoms with Crippen molar-refractivity contribution in [3.63, 3.8) is 0 Å². The van der Waals surface area contributed by atoms with Gasteiger partial charge in [0.1, 0.15) is 17.6 Å². The normalized spacial score (nSPS) is 22.3. The van der Waals surface area contributed by atoms with Gasteiger partial charge in [-0.1, -0.05) is 60.7 Å². The second-order valence-electron chi connectivity index (χ2n) is 8.56. The average Bonchev–Trinajstić information content (AvgIpc) is 3.02. The number of ether oxygens (including phenoxy) is 2. The second kappa shape index (κ2) is 9.30. The van der Waals surface area contributed by atoms with E-state index in [2.05, 4.69) is 5.32 Å². The topological polar surface area (TPSA) is 84.9 Å². The van der Waals surface area contributed by atoms with Gasteiger partial charge in [-0.2, -0.15) is 0 Å². The Morgan fingerprint density at radius 3 is 2.30 bits per heavy atom. The summed E-state index contributed by atoms with van der Waals surface area (Å²) >= 11 is 0. The summed E-state index contributed by atoms with van der Waals surface area (Å²) in [5, 5.41) is 13.6. The molecule has 2 unspecified atom stereocenters. The van der Waals surface area contributed by atoms with Gasteiger partial charge < -0.3 is 19.9 Å². The van der Waals surface area contributed by atoms with Crippen molar-refractivity contribution in [2.45, 2.75) is 57.5 Å². The van der Waals surface area contributed by atoms with Crippen molar-refractivity contribution in [2.75, 3.05) is 0 Å². The number of aryl methyl sites for hydroxylation is 1. The fraction of sp³-hybridized carbons (Fsp3) is 0.417. The number of rotatable bonds is 6. The smallest absolute Gasteiger partial charge is 0.408 e. The van der Waals surface area contributed by atoms with E-state index in [9.17, 15) is 14.7 Å². The summed E-state index contributed by atoms with van der Waals surface area (Å²) in [6, 6.07) is 18.2. The lowest BCUT2D eigenvalue weighted by molar-refractivity contribution is -0.147. The van der Waals surface area contributed by atoms with E-state index in [1.54, 1.807) is 20.8 Å². The van der Waals surface area contributed by atoms with Crippen LogP contribution < -0.4 is 5.32 Å². The Kier molecular flexibility index (Phi) is 6.77. The lowest BCUT2D eigenvalue weighted by atomic mass is 9.87. The number of esters is 1. The van der Waals surface area contributed by atoms with Crippen LogP contribution in [0.15, 0.2) is 60.7 Å². The van der Waals surface area contributed by atoms with Gasteiger partial charge in [0, 0.05) is 0 Å². The molecule has 1 saturated heterocycles. The maximum atomic E-state index is 12.7. The number of aliphatic hydroxyl groups is 1. The molecule has 0 aromatic heterocycles. The van der Waals surface area contributed by atoms with E-state index in [0.717, 1.165) is 11.1 Å². The molecule has 1 heterocycles. The Bertz CT molecular complexity index is 847. The maximum Gasteiger partial charge on any atom is 0.408 e. The Balaban J connectivity index is 1.79. The fourth-order valence-electron chi connectivity index (χ4n) is 3.67. The van der Waals surface area contributed by atoms with Gasteiger partial charge in [-0.05, 0) is 44.7 Å². The molecule has 30 heavy (non-hydrogen) atoms. The van der Waals surface area contributed by atoms with Gasteiger partial charge in [0.25, 0.3) is 0 Å². The van der Waals surface area contributed by atoms with Gasteiger partial charge in [0.15, 0.2) is 0 Å². The first-order valence-electron chi connectivity index (χ1n) is 10.2. The molecule has 1 amide bonds. The molecule has 6 nitrogen and oxygen atoms in total. The van der Waals surface area contributed by atoms with Crippen molar-refractivity contribution >= 4 is 12.1 Å². The van der Waals surface area contributed by atoms with Crippen LogP contribution in [-0.2, 0) is 20.7 Å². The van der Waals surface area contributed by atoms with Crippen LogP contribution in [0.3, 0.4) is 0 Å². The van der Waals surface area contributed by atoms with Crippen molar-refractivity contribution in [3.8, 4) is 0 Å². The Morgan fingerprint density at radius 1 is 1.10 bits per heavy atom. The van der Waals surface area contributed by atoms with Crippen molar-refractivity contribution in [2.24, 2.45) is 5.92 Å². The highest BCUT2D eigenvalue weighted by molar-refractivity contribution is 5.79. The molecule has 1 aliphatic heterocycles. The average molecular weight is 411 g/mol. The van der Waals surface area contributed by atoms with Gasteiger partial charge in [-0.3, -0.25) is 4.79 Å². The van der Waals surface area contributed by atoms with Crippen LogP contribution in [0.2, 0.25) is 0 Å². The van der Waals surface area contributed by atoms with Crippen LogP contribution in [0.5, 0.6) is 0 Å². The molecule has 160 valence electrons. The first-order chi connectivity index (χ1) is 14.2. The zero-order chi connectivity index (χ0) is 21.7. The van der Waals surface area contributed by atoms with Crippen molar-refractivity contribution in [1.82, 2.24) is 5.32 Å². The third-order valence-corrected chi connectivity index (χ3v) is 5.03. The van der Waals surface area contributed by atoms with Crippen LogP contribution >= 0.6 is 0 Å². The summed E-state index contributed by atoms with van der Waals surface area (Å²) in [7, 11) is 0. The number of alkyl carbamates (subject to hydrolysis) is 1. The minimum Gasteiger partial charge on any atom is -0.455 e. The Hall–Kier alpha value is -2.86. The molecule has 0 bridgehead atoms.